The lowest BCUT2D eigenvalue weighted by atomic mass is 9.96. The number of hydrogen-bond donors (Lipinski definition) is 0. The van der Waals surface area contributed by atoms with Gasteiger partial charge in [-0.25, -0.2) is 0 Å². The van der Waals surface area contributed by atoms with E-state index >= 15 is 0 Å². The molecule has 0 heterocycles. The quantitative estimate of drug-likeness (QED) is 0.662. The van der Waals surface area contributed by atoms with Crippen molar-refractivity contribution in [1.82, 2.24) is 0 Å². The predicted molar refractivity (Wildman–Crippen MR) is 81.5 cm³/mol. The Labute approximate surface area is 113 Å². The summed E-state index contributed by atoms with van der Waals surface area (Å²) in [6, 6.07) is 10.5. The van der Waals surface area contributed by atoms with E-state index in [0.29, 0.717) is 5.41 Å². The Balaban J connectivity index is 2.61. The lowest BCUT2D eigenvalue weighted by Crippen LogP contribution is -2.39. The van der Waals surface area contributed by atoms with E-state index < -0.39 is 8.07 Å². The summed E-state index contributed by atoms with van der Waals surface area (Å²) in [6.07, 6.45) is 4.20. The van der Waals surface area contributed by atoms with Crippen LogP contribution in [0.25, 0.3) is 0 Å². The topological polar surface area (TPSA) is 17.1 Å². The number of hydrogen-bond acceptors (Lipinski definition) is 1. The third-order valence-electron chi connectivity index (χ3n) is 3.37. The van der Waals surface area contributed by atoms with E-state index in [-0.39, 0.29) is 5.92 Å². The van der Waals surface area contributed by atoms with Gasteiger partial charge in [0, 0.05) is 5.92 Å². The van der Waals surface area contributed by atoms with Crippen molar-refractivity contribution in [3.63, 3.8) is 0 Å². The summed E-state index contributed by atoms with van der Waals surface area (Å²) >= 11 is 0. The molecular weight excluding hydrogens is 236 g/mol. The van der Waals surface area contributed by atoms with E-state index in [9.17, 15) is 4.79 Å². The van der Waals surface area contributed by atoms with Crippen molar-refractivity contribution in [1.29, 1.82) is 0 Å². The van der Waals surface area contributed by atoms with Crippen LogP contribution in [0.1, 0.15) is 31.7 Å². The molecule has 0 fully saturated rings. The van der Waals surface area contributed by atoms with Gasteiger partial charge in [0.1, 0.15) is 13.5 Å². The first-order valence-electron chi connectivity index (χ1n) is 7.03. The zero-order valence-electron chi connectivity index (χ0n) is 12.2. The van der Waals surface area contributed by atoms with Crippen LogP contribution in [0.15, 0.2) is 30.3 Å². The van der Waals surface area contributed by atoms with Crippen LogP contribution in [0, 0.1) is 5.92 Å². The highest BCUT2D eigenvalue weighted by Crippen LogP contribution is 2.21. The largest absolute Gasteiger partial charge is 0.305 e. The fraction of sp³-hybridized carbons (Fsp3) is 0.562. The first-order chi connectivity index (χ1) is 8.45. The number of carbonyl (C=O) groups excluding carboxylic acids is 1. The van der Waals surface area contributed by atoms with E-state index in [2.05, 4.69) is 50.8 Å². The number of aryl methyl sites for hydroxylation is 1. The molecule has 0 aliphatic heterocycles. The van der Waals surface area contributed by atoms with Crippen molar-refractivity contribution < 1.29 is 4.79 Å². The second-order valence-corrected chi connectivity index (χ2v) is 11.1. The first-order valence-corrected chi connectivity index (χ1v) is 10.5. The van der Waals surface area contributed by atoms with Crippen molar-refractivity contribution >= 4 is 13.5 Å². The smallest absolute Gasteiger partial charge is 0.124 e. The number of rotatable bonds is 7. The van der Waals surface area contributed by atoms with Gasteiger partial charge in [-0.3, -0.25) is 0 Å². The van der Waals surface area contributed by atoms with Gasteiger partial charge in [-0.15, -0.1) is 0 Å². The van der Waals surface area contributed by atoms with E-state index in [1.807, 2.05) is 6.07 Å². The van der Waals surface area contributed by atoms with Crippen molar-refractivity contribution in [2.75, 3.05) is 0 Å². The summed E-state index contributed by atoms with van der Waals surface area (Å²) in [5, 5.41) is 0.556. The average Bonchev–Trinajstić information content (AvgIpc) is 2.34. The fourth-order valence-corrected chi connectivity index (χ4v) is 3.87. The van der Waals surface area contributed by atoms with Gasteiger partial charge < -0.3 is 4.79 Å². The molecule has 0 N–H and O–H groups in total. The average molecular weight is 262 g/mol. The molecule has 100 valence electrons. The van der Waals surface area contributed by atoms with Crippen LogP contribution in [-0.4, -0.2) is 13.5 Å². The van der Waals surface area contributed by atoms with Gasteiger partial charge in [0.2, 0.25) is 0 Å². The van der Waals surface area contributed by atoms with Crippen molar-refractivity contribution in [3.05, 3.63) is 35.9 Å². The minimum absolute atomic E-state index is 0.280. The molecule has 0 radical (unpaired) electrons. The van der Waals surface area contributed by atoms with Gasteiger partial charge in [0.05, 0.1) is 0 Å². The van der Waals surface area contributed by atoms with Crippen molar-refractivity contribution in [2.24, 2.45) is 5.92 Å². The minimum Gasteiger partial charge on any atom is -0.305 e. The molecule has 0 bridgehead atoms. The maximum Gasteiger partial charge on any atom is 0.124 e. The Morgan fingerprint density at radius 3 is 2.22 bits per heavy atom. The summed E-state index contributed by atoms with van der Waals surface area (Å²) in [5.41, 5.74) is 1.35. The fourth-order valence-electron chi connectivity index (χ4n) is 2.35. The molecule has 0 aromatic heterocycles. The molecule has 1 unspecified atom stereocenters. The molecule has 0 saturated carbocycles. The molecule has 0 aliphatic rings. The summed E-state index contributed by atoms with van der Waals surface area (Å²) < 4.78 is 0. The Morgan fingerprint density at radius 1 is 1.11 bits per heavy atom. The summed E-state index contributed by atoms with van der Waals surface area (Å²) in [6.45, 7) is 8.68. The molecule has 0 saturated heterocycles. The summed E-state index contributed by atoms with van der Waals surface area (Å²) in [5.74, 6) is 0.280. The van der Waals surface area contributed by atoms with E-state index in [1.54, 1.807) is 0 Å². The minimum atomic E-state index is -1.64. The highest BCUT2D eigenvalue weighted by molar-refractivity contribution is 7.03. The van der Waals surface area contributed by atoms with Crippen LogP contribution >= 0.6 is 0 Å². The van der Waals surface area contributed by atoms with Gasteiger partial charge in [0.15, 0.2) is 0 Å². The van der Waals surface area contributed by atoms with E-state index in [4.69, 9.17) is 0 Å². The van der Waals surface area contributed by atoms with Crippen LogP contribution < -0.4 is 0 Å². The van der Waals surface area contributed by atoms with E-state index in [1.165, 1.54) is 5.56 Å². The van der Waals surface area contributed by atoms with Gasteiger partial charge >= 0.3 is 0 Å². The van der Waals surface area contributed by atoms with Gasteiger partial charge in [-0.2, -0.15) is 0 Å². The molecule has 1 atom stereocenters. The van der Waals surface area contributed by atoms with Gasteiger partial charge in [0.25, 0.3) is 0 Å². The Morgan fingerprint density at radius 2 is 1.72 bits per heavy atom. The molecule has 0 aliphatic carbocycles. The van der Waals surface area contributed by atoms with Crippen LogP contribution in [0.4, 0.5) is 0 Å². The Bertz CT molecular complexity index is 364. The molecule has 0 spiro atoms. The second-order valence-electron chi connectivity index (χ2n) is 6.12. The Hall–Kier alpha value is -0.893. The van der Waals surface area contributed by atoms with Crippen LogP contribution in [0.3, 0.4) is 0 Å². The standard InChI is InChI=1S/C16H26OSi/c1-5-9-15(16(17)18(2,3)4)13-12-14-10-7-6-8-11-14/h6-8,10-11,15H,5,9,12-13H2,1-4H3. The Kier molecular flexibility index (Phi) is 5.80. The maximum absolute atomic E-state index is 12.4. The van der Waals surface area contributed by atoms with Crippen molar-refractivity contribution in [3.8, 4) is 0 Å². The normalized spacial score (nSPS) is 13.3. The van der Waals surface area contributed by atoms with Crippen LogP contribution in [0.2, 0.25) is 19.6 Å². The molecule has 18 heavy (non-hydrogen) atoms. The molecule has 1 rings (SSSR count). The van der Waals surface area contributed by atoms with Crippen molar-refractivity contribution in [2.45, 2.75) is 52.2 Å². The highest BCUT2D eigenvalue weighted by Gasteiger charge is 2.30. The predicted octanol–water partition coefficient (Wildman–Crippen LogP) is 4.48. The lowest BCUT2D eigenvalue weighted by molar-refractivity contribution is -0.116. The molecule has 1 aromatic rings. The van der Waals surface area contributed by atoms with E-state index in [0.717, 1.165) is 25.7 Å². The maximum atomic E-state index is 12.4. The summed E-state index contributed by atoms with van der Waals surface area (Å²) in [7, 11) is -1.64. The highest BCUT2D eigenvalue weighted by atomic mass is 28.3. The first kappa shape index (κ1) is 15.2. The third-order valence-corrected chi connectivity index (χ3v) is 5.26. The zero-order chi connectivity index (χ0) is 13.6. The molecule has 1 nitrogen and oxygen atoms in total. The van der Waals surface area contributed by atoms with Crippen LogP contribution in [0.5, 0.6) is 0 Å². The molecule has 1 aromatic carbocycles. The zero-order valence-corrected chi connectivity index (χ0v) is 13.2. The third kappa shape index (κ3) is 4.77. The second kappa shape index (κ2) is 6.88. The number of benzene rings is 1. The van der Waals surface area contributed by atoms with Crippen LogP contribution in [-0.2, 0) is 11.2 Å². The number of carbonyl (C=O) groups is 1. The molecule has 2 heteroatoms. The monoisotopic (exact) mass is 262 g/mol. The lowest BCUT2D eigenvalue weighted by Gasteiger charge is -2.23. The molecule has 0 amide bonds. The summed E-state index contributed by atoms with van der Waals surface area (Å²) in [4.78, 5) is 12.4. The molecular formula is C16H26OSi. The SMILES string of the molecule is CCCC(CCc1ccccc1)C(=O)[Si](C)(C)C. The van der Waals surface area contributed by atoms with Gasteiger partial charge in [-0.1, -0.05) is 63.3 Å². The van der Waals surface area contributed by atoms with Gasteiger partial charge in [-0.05, 0) is 24.8 Å².